The lowest BCUT2D eigenvalue weighted by atomic mass is 10.3. The summed E-state index contributed by atoms with van der Waals surface area (Å²) in [5.74, 6) is 0.986. The van der Waals surface area contributed by atoms with Crippen molar-refractivity contribution >= 4 is 17.0 Å². The van der Waals surface area contributed by atoms with Crippen molar-refractivity contribution in [2.24, 2.45) is 0 Å². The monoisotopic (exact) mass is 435 g/mol. The van der Waals surface area contributed by atoms with Gasteiger partial charge in [-0.1, -0.05) is 6.07 Å². The number of halogens is 3. The highest BCUT2D eigenvalue weighted by Gasteiger charge is 2.30. The Hall–Kier alpha value is -2.79. The molecule has 8 nitrogen and oxygen atoms in total. The molecular weight excluding hydrogens is 411 g/mol. The zero-order valence-corrected chi connectivity index (χ0v) is 17.4. The molecule has 166 valence electrons. The van der Waals surface area contributed by atoms with Crippen LogP contribution in [0, 0.1) is 6.92 Å². The van der Waals surface area contributed by atoms with Crippen molar-refractivity contribution in [3.63, 3.8) is 0 Å². The maximum atomic E-state index is 13.1. The molecule has 0 aliphatic carbocycles. The van der Waals surface area contributed by atoms with Crippen molar-refractivity contribution in [3.05, 3.63) is 41.7 Å². The lowest BCUT2D eigenvalue weighted by Crippen LogP contribution is -2.37. The van der Waals surface area contributed by atoms with Crippen molar-refractivity contribution in [2.75, 3.05) is 38.3 Å². The van der Waals surface area contributed by atoms with E-state index in [1.807, 2.05) is 42.0 Å². The number of hydrogen-bond acceptors (Lipinski definition) is 7. The van der Waals surface area contributed by atoms with E-state index < -0.39 is 12.7 Å². The molecule has 3 aromatic heterocycles. The fourth-order valence-corrected chi connectivity index (χ4v) is 3.61. The molecule has 4 heterocycles. The van der Waals surface area contributed by atoms with Gasteiger partial charge in [-0.25, -0.2) is 15.0 Å². The number of aromatic nitrogens is 5. The quantitative estimate of drug-likeness (QED) is 0.589. The molecule has 11 heteroatoms. The molecule has 1 aliphatic rings. The zero-order chi connectivity index (χ0) is 22.0. The van der Waals surface area contributed by atoms with Crippen molar-refractivity contribution in [2.45, 2.75) is 32.7 Å². The van der Waals surface area contributed by atoms with E-state index in [4.69, 9.17) is 4.74 Å². The Morgan fingerprint density at radius 3 is 2.58 bits per heavy atom. The molecule has 1 fully saturated rings. The molecule has 4 rings (SSSR count). The number of hydrogen-bond donors (Lipinski definition) is 0. The summed E-state index contributed by atoms with van der Waals surface area (Å²) in [6.45, 7) is 3.97. The van der Waals surface area contributed by atoms with Gasteiger partial charge in [-0.2, -0.15) is 13.2 Å². The largest absolute Gasteiger partial charge is 0.406 e. The lowest BCUT2D eigenvalue weighted by Gasteiger charge is -2.28. The maximum absolute atomic E-state index is 13.1. The number of ether oxygens (including phenoxy) is 1. The van der Waals surface area contributed by atoms with Gasteiger partial charge < -0.3 is 14.2 Å². The fourth-order valence-electron chi connectivity index (χ4n) is 3.61. The van der Waals surface area contributed by atoms with Crippen LogP contribution < -0.4 is 4.90 Å². The predicted molar refractivity (Wildman–Crippen MR) is 109 cm³/mol. The van der Waals surface area contributed by atoms with E-state index >= 15 is 0 Å². The number of alkyl halides is 3. The molecule has 0 spiro atoms. The third-order valence-electron chi connectivity index (χ3n) is 4.94. The standard InChI is InChI=1S/C20H24F3N7O/c1-14-4-3-5-15(25-14)10-28(2)11-16-26-18(29-6-8-31-9-7-29)17-19(27-16)30(13-24-17)12-20(21,22)23/h3-5,13H,6-12H2,1-2H3. The first-order valence-corrected chi connectivity index (χ1v) is 10.0. The molecule has 0 unspecified atom stereocenters. The fraction of sp³-hybridized carbons (Fsp3) is 0.500. The van der Waals surface area contributed by atoms with Gasteiger partial charge in [0, 0.05) is 25.3 Å². The zero-order valence-electron chi connectivity index (χ0n) is 17.4. The molecule has 1 saturated heterocycles. The summed E-state index contributed by atoms with van der Waals surface area (Å²) in [4.78, 5) is 21.8. The summed E-state index contributed by atoms with van der Waals surface area (Å²) < 4.78 is 45.6. The highest BCUT2D eigenvalue weighted by Crippen LogP contribution is 2.26. The van der Waals surface area contributed by atoms with Crippen molar-refractivity contribution in [1.82, 2.24) is 29.4 Å². The molecule has 0 N–H and O–H groups in total. The topological polar surface area (TPSA) is 72.2 Å². The van der Waals surface area contributed by atoms with Gasteiger partial charge in [0.15, 0.2) is 17.0 Å². The maximum Gasteiger partial charge on any atom is 0.406 e. The molecule has 0 amide bonds. The van der Waals surface area contributed by atoms with E-state index in [0.29, 0.717) is 56.6 Å². The first-order valence-electron chi connectivity index (χ1n) is 10.0. The number of anilines is 1. The second kappa shape index (κ2) is 8.75. The van der Waals surface area contributed by atoms with Crippen LogP contribution in [0.4, 0.5) is 19.0 Å². The summed E-state index contributed by atoms with van der Waals surface area (Å²) in [7, 11) is 1.90. The highest BCUT2D eigenvalue weighted by atomic mass is 19.4. The Morgan fingerprint density at radius 1 is 1.10 bits per heavy atom. The Morgan fingerprint density at radius 2 is 1.87 bits per heavy atom. The van der Waals surface area contributed by atoms with Gasteiger partial charge in [0.2, 0.25) is 0 Å². The number of nitrogens with zero attached hydrogens (tertiary/aromatic N) is 7. The number of pyridine rings is 1. The van der Waals surface area contributed by atoms with Gasteiger partial charge in [0.1, 0.15) is 12.4 Å². The summed E-state index contributed by atoms with van der Waals surface area (Å²) in [5.41, 5.74) is 2.39. The molecule has 0 aromatic carbocycles. The molecule has 0 saturated carbocycles. The highest BCUT2D eigenvalue weighted by molar-refractivity contribution is 5.83. The average molecular weight is 435 g/mol. The minimum absolute atomic E-state index is 0.186. The van der Waals surface area contributed by atoms with Crippen LogP contribution in [-0.4, -0.2) is 68.9 Å². The van der Waals surface area contributed by atoms with Crippen LogP contribution in [0.25, 0.3) is 11.2 Å². The smallest absolute Gasteiger partial charge is 0.378 e. The number of aryl methyl sites for hydroxylation is 1. The number of imidazole rings is 1. The lowest BCUT2D eigenvalue weighted by molar-refractivity contribution is -0.140. The van der Waals surface area contributed by atoms with Gasteiger partial charge in [-0.05, 0) is 26.1 Å². The summed E-state index contributed by atoms with van der Waals surface area (Å²) in [6, 6.07) is 5.81. The van der Waals surface area contributed by atoms with Crippen molar-refractivity contribution in [1.29, 1.82) is 0 Å². The molecule has 0 bridgehead atoms. The molecule has 0 radical (unpaired) electrons. The third kappa shape index (κ3) is 5.28. The predicted octanol–water partition coefficient (Wildman–Crippen LogP) is 2.56. The second-order valence-electron chi connectivity index (χ2n) is 7.67. The second-order valence-corrected chi connectivity index (χ2v) is 7.67. The molecule has 3 aromatic rings. The van der Waals surface area contributed by atoms with Crippen LogP contribution in [0.5, 0.6) is 0 Å². The minimum Gasteiger partial charge on any atom is -0.378 e. The summed E-state index contributed by atoms with van der Waals surface area (Å²) in [5, 5.41) is 0. The van der Waals surface area contributed by atoms with Gasteiger partial charge in [0.25, 0.3) is 0 Å². The SMILES string of the molecule is Cc1cccc(CN(C)Cc2nc(N3CCOCC3)c3ncn(CC(F)(F)F)c3n2)n1. The molecule has 31 heavy (non-hydrogen) atoms. The first-order chi connectivity index (χ1) is 14.8. The van der Waals surface area contributed by atoms with Gasteiger partial charge in [0.05, 0.1) is 31.8 Å². The molecule has 0 atom stereocenters. The van der Waals surface area contributed by atoms with Crippen LogP contribution in [0.3, 0.4) is 0 Å². The first kappa shape index (κ1) is 21.4. The third-order valence-corrected chi connectivity index (χ3v) is 4.94. The van der Waals surface area contributed by atoms with Gasteiger partial charge in [-0.15, -0.1) is 0 Å². The van der Waals surface area contributed by atoms with E-state index in [-0.39, 0.29) is 5.65 Å². The van der Waals surface area contributed by atoms with Crippen LogP contribution in [0.15, 0.2) is 24.5 Å². The molecule has 1 aliphatic heterocycles. The van der Waals surface area contributed by atoms with E-state index in [1.165, 1.54) is 6.33 Å². The Balaban J connectivity index is 1.65. The Labute approximate surface area is 177 Å². The van der Waals surface area contributed by atoms with E-state index in [9.17, 15) is 13.2 Å². The van der Waals surface area contributed by atoms with E-state index in [0.717, 1.165) is 16.0 Å². The van der Waals surface area contributed by atoms with Crippen molar-refractivity contribution in [3.8, 4) is 0 Å². The van der Waals surface area contributed by atoms with Crippen molar-refractivity contribution < 1.29 is 17.9 Å². The number of fused-ring (bicyclic) bond motifs is 1. The van der Waals surface area contributed by atoms with Gasteiger partial charge in [-0.3, -0.25) is 9.88 Å². The summed E-state index contributed by atoms with van der Waals surface area (Å²) in [6.07, 6.45) is -3.19. The molecular formula is C20H24F3N7O. The van der Waals surface area contributed by atoms with Crippen LogP contribution in [0.2, 0.25) is 0 Å². The Bertz CT molecular complexity index is 1050. The normalized spacial score (nSPS) is 15.2. The van der Waals surface area contributed by atoms with Crippen LogP contribution in [-0.2, 0) is 24.4 Å². The average Bonchev–Trinajstić information content (AvgIpc) is 3.09. The number of morpholine rings is 1. The van der Waals surface area contributed by atoms with E-state index in [1.54, 1.807) is 0 Å². The summed E-state index contributed by atoms with van der Waals surface area (Å²) >= 11 is 0. The number of rotatable bonds is 6. The minimum atomic E-state index is -4.37. The van der Waals surface area contributed by atoms with E-state index in [2.05, 4.69) is 19.9 Å². The van der Waals surface area contributed by atoms with Crippen LogP contribution in [0.1, 0.15) is 17.2 Å². The van der Waals surface area contributed by atoms with Crippen LogP contribution >= 0.6 is 0 Å². The van der Waals surface area contributed by atoms with Gasteiger partial charge >= 0.3 is 6.18 Å². The Kier molecular flexibility index (Phi) is 6.05.